The highest BCUT2D eigenvalue weighted by molar-refractivity contribution is 8.18. The lowest BCUT2D eigenvalue weighted by Crippen LogP contribution is -2.32. The molecule has 0 unspecified atom stereocenters. The zero-order chi connectivity index (χ0) is 15.9. The number of hydrogen-bond acceptors (Lipinski definition) is 2. The van der Waals surface area contributed by atoms with E-state index < -0.39 is 11.7 Å². The predicted molar refractivity (Wildman–Crippen MR) is 86.7 cm³/mol. The van der Waals surface area contributed by atoms with Crippen LogP contribution in [0.15, 0.2) is 24.3 Å². The van der Waals surface area contributed by atoms with E-state index in [1.165, 1.54) is 12.1 Å². The molecule has 0 saturated carbocycles. The van der Waals surface area contributed by atoms with Crippen LogP contribution >= 0.6 is 23.5 Å². The fourth-order valence-corrected chi connectivity index (χ4v) is 6.01. The highest BCUT2D eigenvalue weighted by Crippen LogP contribution is 2.54. The van der Waals surface area contributed by atoms with Crippen molar-refractivity contribution in [3.05, 3.63) is 35.4 Å². The molecule has 1 aliphatic rings. The van der Waals surface area contributed by atoms with Gasteiger partial charge in [-0.3, -0.25) is 0 Å². The lowest BCUT2D eigenvalue weighted by molar-refractivity contribution is -0.137. The van der Waals surface area contributed by atoms with Crippen LogP contribution in [0.5, 0.6) is 0 Å². The second-order valence-corrected chi connectivity index (χ2v) is 9.84. The van der Waals surface area contributed by atoms with Crippen molar-refractivity contribution in [3.8, 4) is 0 Å². The second-order valence-electron chi connectivity index (χ2n) is 6.71. The fourth-order valence-electron chi connectivity index (χ4n) is 2.25. The van der Waals surface area contributed by atoms with Gasteiger partial charge in [0.25, 0.3) is 0 Å². The van der Waals surface area contributed by atoms with Crippen LogP contribution in [0.1, 0.15) is 38.8 Å². The van der Waals surface area contributed by atoms with Crippen molar-refractivity contribution in [2.45, 2.75) is 38.0 Å². The molecule has 0 atom stereocenters. The Morgan fingerprint density at radius 2 is 1.67 bits per heavy atom. The molecule has 1 aliphatic heterocycles. The maximum absolute atomic E-state index is 12.9. The third-order valence-corrected chi connectivity index (χ3v) is 7.48. The Morgan fingerprint density at radius 3 is 2.14 bits per heavy atom. The van der Waals surface area contributed by atoms with Gasteiger partial charge in [0.2, 0.25) is 0 Å². The predicted octanol–water partition coefficient (Wildman–Crippen LogP) is 6.02. The van der Waals surface area contributed by atoms with Crippen LogP contribution < -0.4 is 0 Å². The molecule has 0 amide bonds. The molecule has 1 fully saturated rings. The van der Waals surface area contributed by atoms with Gasteiger partial charge in [0.1, 0.15) is 0 Å². The summed E-state index contributed by atoms with van der Waals surface area (Å²) in [4.78, 5) is 0. The molecule has 5 heteroatoms. The van der Waals surface area contributed by atoms with E-state index in [4.69, 9.17) is 0 Å². The summed E-state index contributed by atoms with van der Waals surface area (Å²) in [6, 6.07) is 5.77. The number of halogens is 3. The molecule has 1 aromatic rings. The van der Waals surface area contributed by atoms with E-state index in [0.29, 0.717) is 5.92 Å². The molecule has 1 saturated heterocycles. The summed E-state index contributed by atoms with van der Waals surface area (Å²) in [5.41, 5.74) is 0.454. The Labute approximate surface area is 133 Å². The monoisotopic (exact) mass is 334 g/mol. The summed E-state index contributed by atoms with van der Waals surface area (Å²) in [5.74, 6) is 2.57. The second kappa shape index (κ2) is 5.73. The minimum Gasteiger partial charge on any atom is -0.166 e. The van der Waals surface area contributed by atoms with Crippen LogP contribution in [0.4, 0.5) is 13.2 Å². The van der Waals surface area contributed by atoms with Gasteiger partial charge in [-0.25, -0.2) is 0 Å². The highest BCUT2D eigenvalue weighted by atomic mass is 32.2. The number of rotatable bonds is 1. The molecular weight excluding hydrogens is 313 g/mol. The van der Waals surface area contributed by atoms with Crippen LogP contribution in [-0.2, 0) is 10.3 Å². The molecule has 2 rings (SSSR count). The van der Waals surface area contributed by atoms with Gasteiger partial charge in [-0.05, 0) is 47.5 Å². The SMILES string of the molecule is CC1(c2cccc(C(F)(F)F)c2)SCC(C(C)(C)C)CS1. The standard InChI is InChI=1S/C16H21F3S2/c1-14(2,3)13-9-20-15(4,21-10-13)11-6-5-7-12(8-11)16(17,18)19/h5-8,13H,9-10H2,1-4H3. The van der Waals surface area contributed by atoms with Crippen LogP contribution in [-0.4, -0.2) is 11.5 Å². The van der Waals surface area contributed by atoms with Crippen LogP contribution in [0.2, 0.25) is 0 Å². The first-order valence-corrected chi connectivity index (χ1v) is 8.95. The zero-order valence-electron chi connectivity index (χ0n) is 12.8. The van der Waals surface area contributed by atoms with Gasteiger partial charge >= 0.3 is 6.18 Å². The van der Waals surface area contributed by atoms with E-state index in [9.17, 15) is 13.2 Å². The highest BCUT2D eigenvalue weighted by Gasteiger charge is 2.39. The van der Waals surface area contributed by atoms with E-state index in [-0.39, 0.29) is 9.49 Å². The van der Waals surface area contributed by atoms with Gasteiger partial charge < -0.3 is 0 Å². The molecule has 21 heavy (non-hydrogen) atoms. The van der Waals surface area contributed by atoms with Crippen LogP contribution in [0.25, 0.3) is 0 Å². The Hall–Kier alpha value is -0.290. The van der Waals surface area contributed by atoms with Crippen LogP contribution in [0, 0.1) is 11.3 Å². The van der Waals surface area contributed by atoms with Crippen LogP contribution in [0.3, 0.4) is 0 Å². The smallest absolute Gasteiger partial charge is 0.166 e. The van der Waals surface area contributed by atoms with Gasteiger partial charge in [0, 0.05) is 0 Å². The summed E-state index contributed by atoms with van der Waals surface area (Å²) >= 11 is 3.54. The molecule has 0 N–H and O–H groups in total. The molecule has 0 nitrogen and oxygen atoms in total. The third kappa shape index (κ3) is 3.92. The van der Waals surface area contributed by atoms with Crippen molar-refractivity contribution in [2.24, 2.45) is 11.3 Å². The molecule has 1 heterocycles. The molecule has 0 radical (unpaired) electrons. The first-order valence-electron chi connectivity index (χ1n) is 6.98. The molecule has 1 aromatic carbocycles. The molecule has 118 valence electrons. The first-order chi connectivity index (χ1) is 9.52. The zero-order valence-corrected chi connectivity index (χ0v) is 14.4. The fraction of sp³-hybridized carbons (Fsp3) is 0.625. The lowest BCUT2D eigenvalue weighted by Gasteiger charge is -2.41. The Bertz CT molecular complexity index is 495. The third-order valence-electron chi connectivity index (χ3n) is 4.06. The molecule has 0 aliphatic carbocycles. The molecule has 0 aromatic heterocycles. The lowest BCUT2D eigenvalue weighted by atomic mass is 9.83. The Kier molecular flexibility index (Phi) is 4.66. The Morgan fingerprint density at radius 1 is 1.10 bits per heavy atom. The maximum Gasteiger partial charge on any atom is 0.416 e. The van der Waals surface area contributed by atoms with Crippen molar-refractivity contribution >= 4 is 23.5 Å². The van der Waals surface area contributed by atoms with Crippen molar-refractivity contribution in [1.82, 2.24) is 0 Å². The largest absolute Gasteiger partial charge is 0.416 e. The molecular formula is C16H21F3S2. The summed E-state index contributed by atoms with van der Waals surface area (Å²) in [6.45, 7) is 8.72. The summed E-state index contributed by atoms with van der Waals surface area (Å²) in [5, 5.41) is 0. The average molecular weight is 334 g/mol. The molecule has 0 spiro atoms. The summed E-state index contributed by atoms with van der Waals surface area (Å²) in [7, 11) is 0. The van der Waals surface area contributed by atoms with Gasteiger partial charge in [0.05, 0.1) is 9.64 Å². The summed E-state index contributed by atoms with van der Waals surface area (Å²) in [6.07, 6.45) is -4.27. The van der Waals surface area contributed by atoms with Gasteiger partial charge in [-0.15, -0.1) is 23.5 Å². The van der Waals surface area contributed by atoms with Crippen molar-refractivity contribution < 1.29 is 13.2 Å². The van der Waals surface area contributed by atoms with Gasteiger partial charge in [-0.1, -0.05) is 32.9 Å². The van der Waals surface area contributed by atoms with Crippen molar-refractivity contribution in [2.75, 3.05) is 11.5 Å². The van der Waals surface area contributed by atoms with Gasteiger partial charge in [-0.2, -0.15) is 13.2 Å². The first kappa shape index (κ1) is 17.1. The topological polar surface area (TPSA) is 0 Å². The van der Waals surface area contributed by atoms with Crippen molar-refractivity contribution in [3.63, 3.8) is 0 Å². The van der Waals surface area contributed by atoms with E-state index in [1.54, 1.807) is 23.5 Å². The van der Waals surface area contributed by atoms with E-state index in [0.717, 1.165) is 23.1 Å². The van der Waals surface area contributed by atoms with E-state index in [2.05, 4.69) is 20.8 Å². The maximum atomic E-state index is 12.9. The van der Waals surface area contributed by atoms with E-state index in [1.807, 2.05) is 13.0 Å². The minimum absolute atomic E-state index is 0.245. The number of thioether (sulfide) groups is 2. The number of hydrogen-bond donors (Lipinski definition) is 0. The molecule has 0 bridgehead atoms. The number of alkyl halides is 3. The van der Waals surface area contributed by atoms with Crippen molar-refractivity contribution in [1.29, 1.82) is 0 Å². The summed E-state index contributed by atoms with van der Waals surface area (Å²) < 4.78 is 38.3. The normalized spacial score (nSPS) is 27.7. The average Bonchev–Trinajstić information content (AvgIpc) is 2.37. The minimum atomic E-state index is -4.27. The van der Waals surface area contributed by atoms with Gasteiger partial charge in [0.15, 0.2) is 0 Å². The Balaban J connectivity index is 2.19. The quantitative estimate of drug-likeness (QED) is 0.616. The van der Waals surface area contributed by atoms with E-state index >= 15 is 0 Å². The number of benzene rings is 1.